The highest BCUT2D eigenvalue weighted by molar-refractivity contribution is 6.34. The van der Waals surface area contributed by atoms with Crippen LogP contribution in [-0.2, 0) is 0 Å². The molecule has 192 valence electrons. The van der Waals surface area contributed by atoms with Gasteiger partial charge in [0.05, 0.1) is 22.1 Å². The van der Waals surface area contributed by atoms with Crippen LogP contribution in [-0.4, -0.2) is 46.5 Å². The van der Waals surface area contributed by atoms with Crippen LogP contribution >= 0.6 is 11.6 Å². The van der Waals surface area contributed by atoms with Crippen LogP contribution in [0, 0.1) is 0 Å². The number of carbonyl (C=O) groups excluding carboxylic acids is 1. The van der Waals surface area contributed by atoms with Crippen molar-refractivity contribution < 1.29 is 4.79 Å². The summed E-state index contributed by atoms with van der Waals surface area (Å²) >= 11 is 6.43. The van der Waals surface area contributed by atoms with E-state index in [1.54, 1.807) is 36.7 Å². The molecule has 0 bridgehead atoms. The first-order valence-corrected chi connectivity index (χ1v) is 12.5. The Hall–Kier alpha value is -4.42. The molecule has 4 rings (SSSR count). The Balaban J connectivity index is 1.36. The van der Waals surface area contributed by atoms with Gasteiger partial charge in [-0.1, -0.05) is 35.9 Å². The molecule has 0 aliphatic heterocycles. The second kappa shape index (κ2) is 12.2. The summed E-state index contributed by atoms with van der Waals surface area (Å²) in [6.07, 6.45) is 3.59. The van der Waals surface area contributed by atoms with E-state index in [1.165, 1.54) is 0 Å². The van der Waals surface area contributed by atoms with Gasteiger partial charge >= 0.3 is 0 Å². The number of carbonyl (C=O) groups is 1. The topological polar surface area (TPSA) is 60.3 Å². The second-order valence-electron chi connectivity index (χ2n) is 9.15. The molecular weight excluding hydrogens is 494 g/mol. The van der Waals surface area contributed by atoms with Crippen molar-refractivity contribution in [2.24, 2.45) is 9.98 Å². The van der Waals surface area contributed by atoms with Crippen LogP contribution < -0.4 is 15.1 Å². The minimum atomic E-state index is -0.251. The van der Waals surface area contributed by atoms with Crippen molar-refractivity contribution in [3.8, 4) is 0 Å². The van der Waals surface area contributed by atoms with Crippen LogP contribution in [0.25, 0.3) is 0 Å². The van der Waals surface area contributed by atoms with Gasteiger partial charge in [-0.2, -0.15) is 0 Å². The van der Waals surface area contributed by atoms with E-state index in [1.807, 2.05) is 105 Å². The molecule has 4 aromatic carbocycles. The number of benzene rings is 4. The maximum absolute atomic E-state index is 12.8. The predicted molar refractivity (Wildman–Crippen MR) is 162 cm³/mol. The highest BCUT2D eigenvalue weighted by Crippen LogP contribution is 2.28. The van der Waals surface area contributed by atoms with Crippen LogP contribution in [0.5, 0.6) is 0 Å². The molecule has 0 aliphatic carbocycles. The highest BCUT2D eigenvalue weighted by Gasteiger charge is 2.09. The van der Waals surface area contributed by atoms with Crippen molar-refractivity contribution in [1.82, 2.24) is 0 Å². The summed E-state index contributed by atoms with van der Waals surface area (Å²) < 4.78 is 0. The molecule has 0 fully saturated rings. The molecule has 6 nitrogen and oxygen atoms in total. The van der Waals surface area contributed by atoms with E-state index in [2.05, 4.69) is 15.3 Å². The number of rotatable bonds is 8. The molecular formula is C31H30ClN5O. The van der Waals surface area contributed by atoms with Gasteiger partial charge in [0.15, 0.2) is 0 Å². The number of nitrogens with one attached hydrogen (secondary N) is 1. The summed E-state index contributed by atoms with van der Waals surface area (Å²) in [5.41, 5.74) is 6.73. The van der Waals surface area contributed by atoms with Crippen molar-refractivity contribution in [2.75, 3.05) is 43.3 Å². The Morgan fingerprint density at radius 2 is 1.16 bits per heavy atom. The van der Waals surface area contributed by atoms with Gasteiger partial charge in [0.2, 0.25) is 0 Å². The molecule has 1 N–H and O–H groups in total. The molecule has 0 saturated heterocycles. The fourth-order valence-corrected chi connectivity index (χ4v) is 3.82. The first-order chi connectivity index (χ1) is 18.3. The Morgan fingerprint density at radius 3 is 1.63 bits per heavy atom. The summed E-state index contributed by atoms with van der Waals surface area (Å²) in [7, 11) is 8.02. The fourth-order valence-electron chi connectivity index (χ4n) is 3.59. The average Bonchev–Trinajstić information content (AvgIpc) is 2.92. The molecule has 0 spiro atoms. The standard InChI is InChI=1S/C31H30ClN5O/c1-36(2)27-14-5-22(6-15-27)20-33-25-11-9-24(10-12-25)31(38)35-30-18-13-26(19-29(30)32)34-21-23-7-16-28(17-8-23)37(3)4/h5-21H,1-4H3,(H,35,38). The van der Waals surface area contributed by atoms with Gasteiger partial charge in [0, 0.05) is 57.6 Å². The van der Waals surface area contributed by atoms with Crippen LogP contribution in [0.3, 0.4) is 0 Å². The predicted octanol–water partition coefficient (Wildman–Crippen LogP) is 7.23. The van der Waals surface area contributed by atoms with Crippen molar-refractivity contribution >= 4 is 58.4 Å². The number of aliphatic imine (C=N–C) groups is 2. The molecule has 0 saturated carbocycles. The van der Waals surface area contributed by atoms with Crippen molar-refractivity contribution in [1.29, 1.82) is 0 Å². The molecule has 1 amide bonds. The lowest BCUT2D eigenvalue weighted by Crippen LogP contribution is -2.11. The average molecular weight is 524 g/mol. The summed E-state index contributed by atoms with van der Waals surface area (Å²) in [4.78, 5) is 25.9. The molecule has 0 heterocycles. The lowest BCUT2D eigenvalue weighted by atomic mass is 10.2. The third-order valence-corrected chi connectivity index (χ3v) is 6.19. The molecule has 7 heteroatoms. The van der Waals surface area contributed by atoms with Gasteiger partial charge in [0.1, 0.15) is 0 Å². The largest absolute Gasteiger partial charge is 0.378 e. The lowest BCUT2D eigenvalue weighted by molar-refractivity contribution is 0.102. The van der Waals surface area contributed by atoms with E-state index in [4.69, 9.17) is 11.6 Å². The number of hydrogen-bond donors (Lipinski definition) is 1. The number of anilines is 3. The number of nitrogens with zero attached hydrogens (tertiary/aromatic N) is 4. The van der Waals surface area contributed by atoms with Crippen LogP contribution in [0.1, 0.15) is 21.5 Å². The molecule has 0 atom stereocenters. The van der Waals surface area contributed by atoms with Gasteiger partial charge < -0.3 is 15.1 Å². The monoisotopic (exact) mass is 523 g/mol. The Bertz CT molecular complexity index is 1440. The first kappa shape index (κ1) is 26.6. The minimum absolute atomic E-state index is 0.251. The third-order valence-electron chi connectivity index (χ3n) is 5.87. The van der Waals surface area contributed by atoms with Crippen LogP contribution in [0.2, 0.25) is 5.02 Å². The molecule has 0 unspecified atom stereocenters. The van der Waals surface area contributed by atoms with E-state index in [0.29, 0.717) is 22.0 Å². The van der Waals surface area contributed by atoms with Gasteiger partial charge in [-0.25, -0.2) is 0 Å². The zero-order valence-electron chi connectivity index (χ0n) is 21.9. The summed E-state index contributed by atoms with van der Waals surface area (Å²) in [6, 6.07) is 28.6. The SMILES string of the molecule is CN(C)c1ccc(C=Nc2ccc(C(=O)Nc3ccc(N=Cc4ccc(N(C)C)cc4)cc3Cl)cc2)cc1. The maximum Gasteiger partial charge on any atom is 0.255 e. The van der Waals surface area contributed by atoms with Gasteiger partial charge in [-0.05, 0) is 77.9 Å². The van der Waals surface area contributed by atoms with Crippen molar-refractivity contribution in [3.63, 3.8) is 0 Å². The number of hydrogen-bond acceptors (Lipinski definition) is 5. The van der Waals surface area contributed by atoms with Crippen molar-refractivity contribution in [2.45, 2.75) is 0 Å². The van der Waals surface area contributed by atoms with E-state index >= 15 is 0 Å². The van der Waals surface area contributed by atoms with Gasteiger partial charge in [-0.15, -0.1) is 0 Å². The second-order valence-corrected chi connectivity index (χ2v) is 9.56. The summed E-state index contributed by atoms with van der Waals surface area (Å²) in [6.45, 7) is 0. The van der Waals surface area contributed by atoms with Crippen molar-refractivity contribution in [3.05, 3.63) is 113 Å². The fraction of sp³-hybridized carbons (Fsp3) is 0.129. The van der Waals surface area contributed by atoms with E-state index in [0.717, 1.165) is 28.2 Å². The highest BCUT2D eigenvalue weighted by atomic mass is 35.5. The zero-order chi connectivity index (χ0) is 27.1. The van der Waals surface area contributed by atoms with E-state index in [-0.39, 0.29) is 5.91 Å². The Labute approximate surface area is 228 Å². The molecule has 4 aromatic rings. The smallest absolute Gasteiger partial charge is 0.255 e. The first-order valence-electron chi connectivity index (χ1n) is 12.1. The number of halogens is 1. The third kappa shape index (κ3) is 7.08. The lowest BCUT2D eigenvalue weighted by Gasteiger charge is -2.11. The van der Waals surface area contributed by atoms with E-state index in [9.17, 15) is 4.79 Å². The normalized spacial score (nSPS) is 11.2. The maximum atomic E-state index is 12.8. The molecule has 0 aliphatic rings. The Morgan fingerprint density at radius 1 is 0.684 bits per heavy atom. The molecule has 0 radical (unpaired) electrons. The number of amides is 1. The Kier molecular flexibility index (Phi) is 8.56. The van der Waals surface area contributed by atoms with Crippen LogP contribution in [0.15, 0.2) is 101 Å². The van der Waals surface area contributed by atoms with Crippen LogP contribution in [0.4, 0.5) is 28.4 Å². The zero-order valence-corrected chi connectivity index (χ0v) is 22.6. The minimum Gasteiger partial charge on any atom is -0.378 e. The summed E-state index contributed by atoms with van der Waals surface area (Å²) in [5.74, 6) is -0.251. The molecule has 0 aromatic heterocycles. The van der Waals surface area contributed by atoms with E-state index < -0.39 is 0 Å². The van der Waals surface area contributed by atoms with Gasteiger partial charge in [-0.3, -0.25) is 14.8 Å². The quantitative estimate of drug-likeness (QED) is 0.248. The molecule has 38 heavy (non-hydrogen) atoms. The summed E-state index contributed by atoms with van der Waals surface area (Å²) in [5, 5.41) is 3.28. The van der Waals surface area contributed by atoms with Gasteiger partial charge in [0.25, 0.3) is 5.91 Å².